The predicted octanol–water partition coefficient (Wildman–Crippen LogP) is 1.82. The summed E-state index contributed by atoms with van der Waals surface area (Å²) in [6, 6.07) is 6.55. The molecule has 0 bridgehead atoms. The van der Waals surface area contributed by atoms with Crippen LogP contribution in [0.1, 0.15) is 5.69 Å². The number of ether oxygens (including phenoxy) is 3. The van der Waals surface area contributed by atoms with E-state index in [1.54, 1.807) is 36.8 Å². The second kappa shape index (κ2) is 7.54. The zero-order valence-electron chi connectivity index (χ0n) is 14.1. The molecule has 0 radical (unpaired) electrons. The molecule has 0 fully saturated rings. The van der Waals surface area contributed by atoms with E-state index in [2.05, 4.69) is 5.32 Å². The lowest BCUT2D eigenvalue weighted by Crippen LogP contribution is -2.22. The summed E-state index contributed by atoms with van der Waals surface area (Å²) >= 11 is 0. The molecule has 1 N–H and O–H groups in total. The standard InChI is InChI=1S/C17H20N2O5/c1-11-7-14(20)16(24-4)9-19(11)10-17(21)18-13-6-5-12(22-2)8-15(13)23-3/h5-9H,10H2,1-4H3,(H,18,21). The van der Waals surface area contributed by atoms with E-state index in [-0.39, 0.29) is 23.6 Å². The molecule has 2 aromatic rings. The van der Waals surface area contributed by atoms with Crippen molar-refractivity contribution in [1.82, 2.24) is 4.57 Å². The highest BCUT2D eigenvalue weighted by Gasteiger charge is 2.11. The minimum absolute atomic E-state index is 0.0393. The Kier molecular flexibility index (Phi) is 5.47. The van der Waals surface area contributed by atoms with Crippen LogP contribution in [0.4, 0.5) is 5.69 Å². The number of methoxy groups -OCH3 is 3. The van der Waals surface area contributed by atoms with Crippen LogP contribution in [0, 0.1) is 6.92 Å². The molecule has 0 aliphatic carbocycles. The lowest BCUT2D eigenvalue weighted by atomic mass is 10.2. The van der Waals surface area contributed by atoms with E-state index in [0.29, 0.717) is 22.9 Å². The third-order valence-corrected chi connectivity index (χ3v) is 3.53. The van der Waals surface area contributed by atoms with Crippen LogP contribution in [0.5, 0.6) is 17.2 Å². The van der Waals surface area contributed by atoms with Gasteiger partial charge in [0.25, 0.3) is 0 Å². The van der Waals surface area contributed by atoms with Gasteiger partial charge < -0.3 is 24.1 Å². The number of anilines is 1. The summed E-state index contributed by atoms with van der Waals surface area (Å²) in [5.41, 5.74) is 0.982. The predicted molar refractivity (Wildman–Crippen MR) is 90.2 cm³/mol. The van der Waals surface area contributed by atoms with Gasteiger partial charge in [0.2, 0.25) is 11.3 Å². The van der Waals surface area contributed by atoms with Gasteiger partial charge in [0.15, 0.2) is 5.75 Å². The number of pyridine rings is 1. The molecule has 24 heavy (non-hydrogen) atoms. The Morgan fingerprint density at radius 3 is 2.42 bits per heavy atom. The first kappa shape index (κ1) is 17.4. The molecule has 128 valence electrons. The van der Waals surface area contributed by atoms with Gasteiger partial charge in [0.05, 0.1) is 33.2 Å². The van der Waals surface area contributed by atoms with Gasteiger partial charge in [0, 0.05) is 17.8 Å². The fourth-order valence-corrected chi connectivity index (χ4v) is 2.22. The molecule has 7 nitrogen and oxygen atoms in total. The fraction of sp³-hybridized carbons (Fsp3) is 0.294. The molecule has 1 amide bonds. The highest BCUT2D eigenvalue weighted by atomic mass is 16.5. The number of benzene rings is 1. The van der Waals surface area contributed by atoms with E-state index in [0.717, 1.165) is 0 Å². The second-order valence-electron chi connectivity index (χ2n) is 5.09. The summed E-state index contributed by atoms with van der Waals surface area (Å²) in [5, 5.41) is 2.78. The zero-order valence-corrected chi connectivity index (χ0v) is 14.1. The van der Waals surface area contributed by atoms with Gasteiger partial charge in [-0.1, -0.05) is 0 Å². The molecule has 0 spiro atoms. The van der Waals surface area contributed by atoms with Crippen LogP contribution in [0.25, 0.3) is 0 Å². The number of aromatic nitrogens is 1. The Morgan fingerprint density at radius 2 is 1.79 bits per heavy atom. The second-order valence-corrected chi connectivity index (χ2v) is 5.09. The van der Waals surface area contributed by atoms with Crippen LogP contribution >= 0.6 is 0 Å². The van der Waals surface area contributed by atoms with E-state index in [1.165, 1.54) is 26.5 Å². The SMILES string of the molecule is COc1ccc(NC(=O)Cn2cc(OC)c(=O)cc2C)c(OC)c1. The number of hydrogen-bond donors (Lipinski definition) is 1. The Labute approximate surface area is 139 Å². The van der Waals surface area contributed by atoms with Crippen molar-refractivity contribution in [3.63, 3.8) is 0 Å². The molecule has 0 unspecified atom stereocenters. The maximum atomic E-state index is 12.3. The zero-order chi connectivity index (χ0) is 17.7. The number of rotatable bonds is 6. The maximum Gasteiger partial charge on any atom is 0.244 e. The molecule has 1 aromatic carbocycles. The molecule has 0 saturated carbocycles. The minimum atomic E-state index is -0.257. The highest BCUT2D eigenvalue weighted by molar-refractivity contribution is 5.92. The summed E-state index contributed by atoms with van der Waals surface area (Å²) in [4.78, 5) is 24.0. The highest BCUT2D eigenvalue weighted by Crippen LogP contribution is 2.29. The molecule has 0 aliphatic rings. The monoisotopic (exact) mass is 332 g/mol. The van der Waals surface area contributed by atoms with Crippen molar-refractivity contribution in [3.8, 4) is 17.2 Å². The third-order valence-electron chi connectivity index (χ3n) is 3.53. The molecule has 0 aliphatic heterocycles. The van der Waals surface area contributed by atoms with E-state index < -0.39 is 0 Å². The van der Waals surface area contributed by atoms with Crippen LogP contribution in [0.3, 0.4) is 0 Å². The van der Waals surface area contributed by atoms with Gasteiger partial charge in [-0.15, -0.1) is 0 Å². The minimum Gasteiger partial charge on any atom is -0.497 e. The summed E-state index contributed by atoms with van der Waals surface area (Å²) in [6.07, 6.45) is 1.52. The van der Waals surface area contributed by atoms with Crippen molar-refractivity contribution >= 4 is 11.6 Å². The van der Waals surface area contributed by atoms with Gasteiger partial charge in [-0.3, -0.25) is 9.59 Å². The molecular weight excluding hydrogens is 312 g/mol. The van der Waals surface area contributed by atoms with Crippen molar-refractivity contribution in [2.75, 3.05) is 26.6 Å². The molecule has 2 rings (SSSR count). The lowest BCUT2D eigenvalue weighted by molar-refractivity contribution is -0.116. The molecular formula is C17H20N2O5. The summed E-state index contributed by atoms with van der Waals surface area (Å²) in [7, 11) is 4.49. The molecule has 7 heteroatoms. The third kappa shape index (κ3) is 3.87. The van der Waals surface area contributed by atoms with E-state index in [4.69, 9.17) is 14.2 Å². The van der Waals surface area contributed by atoms with Gasteiger partial charge in [0.1, 0.15) is 18.0 Å². The Hall–Kier alpha value is -2.96. The molecule has 1 heterocycles. The van der Waals surface area contributed by atoms with Crippen LogP contribution in [0.15, 0.2) is 35.3 Å². The lowest BCUT2D eigenvalue weighted by Gasteiger charge is -2.14. The average molecular weight is 332 g/mol. The largest absolute Gasteiger partial charge is 0.497 e. The number of carbonyl (C=O) groups is 1. The van der Waals surface area contributed by atoms with Crippen molar-refractivity contribution in [1.29, 1.82) is 0 Å². The van der Waals surface area contributed by atoms with Crippen molar-refractivity contribution in [3.05, 3.63) is 46.4 Å². The van der Waals surface area contributed by atoms with E-state index in [1.807, 2.05) is 0 Å². The first-order valence-corrected chi connectivity index (χ1v) is 7.25. The van der Waals surface area contributed by atoms with E-state index >= 15 is 0 Å². The normalized spacial score (nSPS) is 10.2. The summed E-state index contributed by atoms with van der Waals surface area (Å²) in [5.74, 6) is 1.06. The summed E-state index contributed by atoms with van der Waals surface area (Å²) < 4.78 is 17.0. The van der Waals surface area contributed by atoms with E-state index in [9.17, 15) is 9.59 Å². The maximum absolute atomic E-state index is 12.3. The Morgan fingerprint density at radius 1 is 1.08 bits per heavy atom. The number of amides is 1. The first-order valence-electron chi connectivity index (χ1n) is 7.25. The number of carbonyl (C=O) groups excluding carboxylic acids is 1. The topological polar surface area (TPSA) is 78.8 Å². The number of aryl methyl sites for hydroxylation is 1. The molecule has 0 atom stereocenters. The first-order chi connectivity index (χ1) is 11.5. The average Bonchev–Trinajstić information content (AvgIpc) is 2.57. The van der Waals surface area contributed by atoms with Crippen LogP contribution in [0.2, 0.25) is 0 Å². The fourth-order valence-electron chi connectivity index (χ4n) is 2.22. The number of hydrogen-bond acceptors (Lipinski definition) is 5. The van der Waals surface area contributed by atoms with Crippen molar-refractivity contribution in [2.24, 2.45) is 0 Å². The summed E-state index contributed by atoms with van der Waals surface area (Å²) in [6.45, 7) is 1.79. The molecule has 1 aromatic heterocycles. The smallest absolute Gasteiger partial charge is 0.244 e. The number of nitrogens with zero attached hydrogens (tertiary/aromatic N) is 1. The van der Waals surface area contributed by atoms with Crippen LogP contribution in [-0.2, 0) is 11.3 Å². The Bertz CT molecular complexity index is 798. The Balaban J connectivity index is 2.18. The van der Waals surface area contributed by atoms with Crippen molar-refractivity contribution in [2.45, 2.75) is 13.5 Å². The molecule has 0 saturated heterocycles. The van der Waals surface area contributed by atoms with Crippen LogP contribution in [-0.4, -0.2) is 31.8 Å². The van der Waals surface area contributed by atoms with Crippen molar-refractivity contribution < 1.29 is 19.0 Å². The van der Waals surface area contributed by atoms with Gasteiger partial charge >= 0.3 is 0 Å². The quantitative estimate of drug-likeness (QED) is 0.873. The van der Waals surface area contributed by atoms with Gasteiger partial charge in [-0.05, 0) is 19.1 Å². The number of nitrogens with one attached hydrogen (secondary N) is 1. The van der Waals surface area contributed by atoms with Gasteiger partial charge in [-0.2, -0.15) is 0 Å². The van der Waals surface area contributed by atoms with Gasteiger partial charge in [-0.25, -0.2) is 0 Å². The van der Waals surface area contributed by atoms with Crippen LogP contribution < -0.4 is 25.0 Å².